The predicted molar refractivity (Wildman–Crippen MR) is 192 cm³/mol. The molecule has 1 saturated heterocycles. The van der Waals surface area contributed by atoms with Gasteiger partial charge in [-0.05, 0) is 68.1 Å². The van der Waals surface area contributed by atoms with E-state index in [4.69, 9.17) is 9.57 Å². The molecule has 10 nitrogen and oxygen atoms in total. The first kappa shape index (κ1) is 33.1. The number of carbonyl (C=O) groups is 3. The van der Waals surface area contributed by atoms with Crippen LogP contribution in [0.5, 0.6) is 10.9 Å². The number of anilines is 1. The van der Waals surface area contributed by atoms with E-state index in [1.54, 1.807) is 17.0 Å². The Morgan fingerprint density at radius 1 is 1.02 bits per heavy atom. The standard InChI is InChI=1S/C37H38BrN5O5S/c38-25-18-19-29-32(20-25)49-36(40-29)47-28-21-31-33(44)41-37(35(46)42-48-27-15-9-5-10-16-27)22-24(37)12-6-2-1-3-11-17-30(34(45)43(31)23-28)39-26-13-7-4-8-14-26/h4-10,12-16,18-20,24,28,30-31,39H,1-3,11,17,21-23H2,(H,41,44)(H,42,46)/b12-6-/t24-,28+,30-,31-,37+/m0/s1. The molecule has 2 aliphatic heterocycles. The number of hydrogen-bond acceptors (Lipinski definition) is 8. The number of hydroxylamine groups is 1. The topological polar surface area (TPSA) is 122 Å². The van der Waals surface area contributed by atoms with Crippen molar-refractivity contribution in [2.24, 2.45) is 5.92 Å². The van der Waals surface area contributed by atoms with Gasteiger partial charge in [0.05, 0.1) is 16.8 Å². The summed E-state index contributed by atoms with van der Waals surface area (Å²) in [4.78, 5) is 54.3. The Balaban J connectivity index is 1.16. The van der Waals surface area contributed by atoms with Gasteiger partial charge in [0, 0.05) is 22.5 Å². The summed E-state index contributed by atoms with van der Waals surface area (Å²) in [6.45, 7) is 0.211. The minimum Gasteiger partial charge on any atom is -0.465 e. The van der Waals surface area contributed by atoms with Crippen LogP contribution in [0.2, 0.25) is 0 Å². The molecule has 3 N–H and O–H groups in total. The quantitative estimate of drug-likeness (QED) is 0.148. The van der Waals surface area contributed by atoms with Crippen LogP contribution in [-0.4, -0.2) is 57.9 Å². The molecule has 5 atom stereocenters. The second-order valence-corrected chi connectivity index (χ2v) is 14.7. The molecule has 3 amide bonds. The Bertz CT molecular complexity index is 1840. The molecule has 1 aromatic heterocycles. The number of carbonyl (C=O) groups excluding carboxylic acids is 3. The number of para-hydroxylation sites is 2. The maximum Gasteiger partial charge on any atom is 0.278 e. The van der Waals surface area contributed by atoms with Crippen molar-refractivity contribution in [3.63, 3.8) is 0 Å². The van der Waals surface area contributed by atoms with Crippen molar-refractivity contribution in [1.29, 1.82) is 0 Å². The van der Waals surface area contributed by atoms with Gasteiger partial charge in [0.25, 0.3) is 11.1 Å². The number of nitrogens with zero attached hydrogens (tertiary/aromatic N) is 2. The van der Waals surface area contributed by atoms with E-state index in [0.29, 0.717) is 23.8 Å². The summed E-state index contributed by atoms with van der Waals surface area (Å²) in [5.41, 5.74) is 3.02. The Kier molecular flexibility index (Phi) is 9.86. The highest BCUT2D eigenvalue weighted by molar-refractivity contribution is 9.10. The Hall–Kier alpha value is -4.42. The lowest BCUT2D eigenvalue weighted by Crippen LogP contribution is -2.57. The number of aromatic nitrogens is 1. The lowest BCUT2D eigenvalue weighted by atomic mass is 10.0. The number of halogens is 1. The molecule has 49 heavy (non-hydrogen) atoms. The van der Waals surface area contributed by atoms with Gasteiger partial charge < -0.3 is 25.1 Å². The van der Waals surface area contributed by atoms with Gasteiger partial charge in [-0.2, -0.15) is 5.48 Å². The average molecular weight is 745 g/mol. The zero-order chi connectivity index (χ0) is 33.8. The van der Waals surface area contributed by atoms with Crippen molar-refractivity contribution in [2.75, 3.05) is 11.9 Å². The van der Waals surface area contributed by atoms with Gasteiger partial charge in [0.15, 0.2) is 5.75 Å². The van der Waals surface area contributed by atoms with Crippen LogP contribution in [0.4, 0.5) is 5.69 Å². The maximum atomic E-state index is 14.5. The normalized spacial score (nSPS) is 26.3. The molecule has 1 saturated carbocycles. The van der Waals surface area contributed by atoms with Crippen LogP contribution in [0.3, 0.4) is 0 Å². The van der Waals surface area contributed by atoms with Crippen molar-refractivity contribution in [2.45, 2.75) is 68.7 Å². The smallest absolute Gasteiger partial charge is 0.278 e. The molecule has 0 unspecified atom stereocenters. The summed E-state index contributed by atoms with van der Waals surface area (Å²) < 4.78 is 8.29. The van der Waals surface area contributed by atoms with Crippen molar-refractivity contribution < 1.29 is 24.0 Å². The number of fused-ring (bicyclic) bond motifs is 3. The van der Waals surface area contributed by atoms with Crippen LogP contribution >= 0.6 is 27.3 Å². The summed E-state index contributed by atoms with van der Waals surface area (Å²) >= 11 is 4.94. The Morgan fingerprint density at radius 3 is 2.63 bits per heavy atom. The van der Waals surface area contributed by atoms with Gasteiger partial charge >= 0.3 is 0 Å². The summed E-state index contributed by atoms with van der Waals surface area (Å²) in [7, 11) is 0. The fraction of sp³-hybridized carbons (Fsp3) is 0.351. The third-order valence-corrected chi connectivity index (χ3v) is 10.8. The highest BCUT2D eigenvalue weighted by atomic mass is 79.9. The fourth-order valence-electron chi connectivity index (χ4n) is 6.66. The monoisotopic (exact) mass is 743 g/mol. The van der Waals surface area contributed by atoms with E-state index >= 15 is 0 Å². The summed E-state index contributed by atoms with van der Waals surface area (Å²) in [6, 6.07) is 23.1. The van der Waals surface area contributed by atoms with E-state index in [9.17, 15) is 14.4 Å². The number of rotatable bonds is 7. The van der Waals surface area contributed by atoms with Crippen LogP contribution < -0.4 is 25.7 Å². The largest absolute Gasteiger partial charge is 0.465 e. The highest BCUT2D eigenvalue weighted by Crippen LogP contribution is 2.45. The molecule has 2 fully saturated rings. The van der Waals surface area contributed by atoms with Gasteiger partial charge in [-0.1, -0.05) is 88.7 Å². The third kappa shape index (κ3) is 7.60. The molecule has 12 heteroatoms. The first-order chi connectivity index (χ1) is 23.9. The van der Waals surface area contributed by atoms with Crippen LogP contribution in [0, 0.1) is 5.92 Å². The van der Waals surface area contributed by atoms with E-state index in [0.717, 1.165) is 46.1 Å². The lowest BCUT2D eigenvalue weighted by molar-refractivity contribution is -0.141. The molecule has 3 heterocycles. The van der Waals surface area contributed by atoms with Gasteiger partial charge in [-0.15, -0.1) is 0 Å². The number of amides is 3. The number of benzene rings is 3. The first-order valence-electron chi connectivity index (χ1n) is 16.7. The second kappa shape index (κ2) is 14.6. The van der Waals surface area contributed by atoms with Crippen molar-refractivity contribution in [3.8, 4) is 10.9 Å². The fourth-order valence-corrected chi connectivity index (χ4v) is 8.09. The van der Waals surface area contributed by atoms with Crippen LogP contribution in [0.1, 0.15) is 44.9 Å². The molecule has 254 valence electrons. The number of hydrogen-bond donors (Lipinski definition) is 3. The Morgan fingerprint density at radius 2 is 1.82 bits per heavy atom. The molecule has 0 bridgehead atoms. The molecular formula is C37H38BrN5O5S. The van der Waals surface area contributed by atoms with Gasteiger partial charge in [-0.25, -0.2) is 4.98 Å². The van der Waals surface area contributed by atoms with Gasteiger partial charge in [0.1, 0.15) is 23.7 Å². The predicted octanol–water partition coefficient (Wildman–Crippen LogP) is 6.39. The summed E-state index contributed by atoms with van der Waals surface area (Å²) in [6.07, 6.45) is 8.56. The van der Waals surface area contributed by atoms with Crippen LogP contribution in [-0.2, 0) is 14.4 Å². The highest BCUT2D eigenvalue weighted by Gasteiger charge is 2.61. The third-order valence-electron chi connectivity index (χ3n) is 9.36. The van der Waals surface area contributed by atoms with E-state index in [-0.39, 0.29) is 24.8 Å². The van der Waals surface area contributed by atoms with E-state index < -0.39 is 35.5 Å². The Labute approximate surface area is 297 Å². The average Bonchev–Trinajstić information content (AvgIpc) is 3.41. The molecule has 4 aromatic rings. The second-order valence-electron chi connectivity index (χ2n) is 12.8. The number of thiazole rings is 1. The molecular weight excluding hydrogens is 706 g/mol. The molecule has 3 aliphatic rings. The zero-order valence-corrected chi connectivity index (χ0v) is 29.3. The minimum absolute atomic E-state index is 0.172. The summed E-state index contributed by atoms with van der Waals surface area (Å²) in [5.74, 6) is -0.721. The first-order valence-corrected chi connectivity index (χ1v) is 18.3. The molecule has 0 spiro atoms. The van der Waals surface area contributed by atoms with Crippen LogP contribution in [0.15, 0.2) is 95.5 Å². The molecule has 3 aromatic carbocycles. The van der Waals surface area contributed by atoms with E-state index in [1.807, 2.05) is 72.8 Å². The maximum absolute atomic E-state index is 14.5. The molecule has 1 aliphatic carbocycles. The number of nitrogens with one attached hydrogen (secondary N) is 3. The SMILES string of the molecule is O=C1N[C@]2(C(=O)NOc3ccccc3)C[C@@H]2/C=C\CCCCC[C@H](Nc2ccccc2)C(=O)N2C[C@H](Oc3nc4ccc(Br)cc4s3)C[C@@H]12. The van der Waals surface area contributed by atoms with Crippen molar-refractivity contribution in [3.05, 3.63) is 95.5 Å². The minimum atomic E-state index is -1.20. The summed E-state index contributed by atoms with van der Waals surface area (Å²) in [5, 5.41) is 6.99. The molecule has 7 rings (SSSR count). The van der Waals surface area contributed by atoms with Crippen LogP contribution in [0.25, 0.3) is 10.2 Å². The van der Waals surface area contributed by atoms with Crippen molar-refractivity contribution >= 4 is 60.9 Å². The zero-order valence-electron chi connectivity index (χ0n) is 26.8. The van der Waals surface area contributed by atoms with Gasteiger partial charge in [0.2, 0.25) is 11.8 Å². The number of allylic oxidation sites excluding steroid dienone is 1. The van der Waals surface area contributed by atoms with Gasteiger partial charge in [-0.3, -0.25) is 14.4 Å². The number of ether oxygens (including phenoxy) is 1. The molecule has 0 radical (unpaired) electrons. The van der Waals surface area contributed by atoms with E-state index in [2.05, 4.69) is 43.1 Å². The van der Waals surface area contributed by atoms with E-state index in [1.165, 1.54) is 11.3 Å². The lowest BCUT2D eigenvalue weighted by Gasteiger charge is -2.30. The van der Waals surface area contributed by atoms with Crippen molar-refractivity contribution in [1.82, 2.24) is 20.7 Å².